The number of carbonyl (C=O) groups is 2. The summed E-state index contributed by atoms with van der Waals surface area (Å²) in [6.45, 7) is 1.13. The minimum atomic E-state index is -0.453. The van der Waals surface area contributed by atoms with Crippen LogP contribution >= 0.6 is 0 Å². The second-order valence-electron chi connectivity index (χ2n) is 5.99. The normalized spacial score (nSPS) is 19.8. The SMILES string of the molecule is COC(=O)[C@H]1CN(C(=O)CCn2cncn2)C[C@@H]1c1ccc(F)cc1. The van der Waals surface area contributed by atoms with Crippen LogP contribution in [0.2, 0.25) is 0 Å². The average Bonchev–Trinajstić information content (AvgIpc) is 3.29. The van der Waals surface area contributed by atoms with Gasteiger partial charge in [-0.25, -0.2) is 9.37 Å². The fraction of sp³-hybridized carbons (Fsp3) is 0.412. The first-order valence-corrected chi connectivity index (χ1v) is 8.02. The van der Waals surface area contributed by atoms with Gasteiger partial charge in [0.05, 0.1) is 19.6 Å². The molecule has 0 saturated carbocycles. The van der Waals surface area contributed by atoms with Crippen LogP contribution < -0.4 is 0 Å². The van der Waals surface area contributed by atoms with E-state index in [1.165, 1.54) is 25.6 Å². The van der Waals surface area contributed by atoms with E-state index < -0.39 is 5.92 Å². The number of aromatic nitrogens is 3. The standard InChI is InChI=1S/C17H19FN4O3/c1-25-17(24)15-9-21(16(23)6-7-22-11-19-10-20-22)8-14(15)12-2-4-13(18)5-3-12/h2-5,10-11,14-15H,6-9H2,1H3/t14-,15+/m1/s1. The molecule has 0 N–H and O–H groups in total. The second kappa shape index (κ2) is 7.42. The van der Waals surface area contributed by atoms with Gasteiger partial charge < -0.3 is 9.64 Å². The molecule has 2 atom stereocenters. The van der Waals surface area contributed by atoms with Crippen molar-refractivity contribution in [2.45, 2.75) is 18.9 Å². The smallest absolute Gasteiger partial charge is 0.311 e. The van der Waals surface area contributed by atoms with Gasteiger partial charge in [-0.1, -0.05) is 12.1 Å². The number of hydrogen-bond acceptors (Lipinski definition) is 5. The van der Waals surface area contributed by atoms with E-state index in [0.29, 0.717) is 19.6 Å². The summed E-state index contributed by atoms with van der Waals surface area (Å²) in [6, 6.07) is 6.02. The summed E-state index contributed by atoms with van der Waals surface area (Å²) in [6.07, 6.45) is 3.24. The molecule has 1 aliphatic heterocycles. The highest BCUT2D eigenvalue weighted by molar-refractivity contribution is 5.80. The minimum absolute atomic E-state index is 0.0611. The largest absolute Gasteiger partial charge is 0.469 e. The molecule has 1 aromatic carbocycles. The van der Waals surface area contributed by atoms with Crippen LogP contribution in [0.4, 0.5) is 4.39 Å². The Bertz CT molecular complexity index is 733. The molecule has 1 fully saturated rings. The van der Waals surface area contributed by atoms with E-state index in [-0.39, 0.29) is 30.0 Å². The maximum Gasteiger partial charge on any atom is 0.311 e. The van der Waals surface area contributed by atoms with E-state index in [4.69, 9.17) is 4.74 Å². The quantitative estimate of drug-likeness (QED) is 0.761. The molecule has 1 aliphatic rings. The fourth-order valence-corrected chi connectivity index (χ4v) is 3.16. The van der Waals surface area contributed by atoms with Gasteiger partial charge in [0.15, 0.2) is 0 Å². The number of esters is 1. The Hall–Kier alpha value is -2.77. The number of aryl methyl sites for hydroxylation is 1. The van der Waals surface area contributed by atoms with Gasteiger partial charge >= 0.3 is 5.97 Å². The van der Waals surface area contributed by atoms with Crippen LogP contribution in [0.3, 0.4) is 0 Å². The molecule has 25 heavy (non-hydrogen) atoms. The molecular weight excluding hydrogens is 327 g/mol. The molecular formula is C17H19FN4O3. The third-order valence-corrected chi connectivity index (χ3v) is 4.50. The van der Waals surface area contributed by atoms with E-state index in [2.05, 4.69) is 10.1 Å². The molecule has 0 unspecified atom stereocenters. The molecule has 132 valence electrons. The van der Waals surface area contributed by atoms with Gasteiger partial charge in [0.2, 0.25) is 5.91 Å². The average molecular weight is 346 g/mol. The lowest BCUT2D eigenvalue weighted by atomic mass is 9.89. The molecule has 1 aromatic heterocycles. The molecule has 0 bridgehead atoms. The van der Waals surface area contributed by atoms with E-state index in [0.717, 1.165) is 5.56 Å². The summed E-state index contributed by atoms with van der Waals surface area (Å²) >= 11 is 0. The summed E-state index contributed by atoms with van der Waals surface area (Å²) in [7, 11) is 1.33. The van der Waals surface area contributed by atoms with Crippen molar-refractivity contribution in [3.8, 4) is 0 Å². The third kappa shape index (κ3) is 3.84. The summed E-state index contributed by atoms with van der Waals surface area (Å²) < 4.78 is 19.6. The summed E-state index contributed by atoms with van der Waals surface area (Å²) in [4.78, 5) is 30.1. The van der Waals surface area contributed by atoms with Crippen molar-refractivity contribution < 1.29 is 18.7 Å². The predicted octanol–water partition coefficient (Wildman–Crippen LogP) is 1.22. The molecule has 1 saturated heterocycles. The Balaban J connectivity index is 1.71. The van der Waals surface area contributed by atoms with Crippen LogP contribution in [0, 0.1) is 11.7 Å². The monoisotopic (exact) mass is 346 g/mol. The highest BCUT2D eigenvalue weighted by atomic mass is 19.1. The molecule has 3 rings (SSSR count). The first kappa shape index (κ1) is 17.1. The van der Waals surface area contributed by atoms with Gasteiger partial charge in [-0.3, -0.25) is 14.3 Å². The van der Waals surface area contributed by atoms with Crippen LogP contribution in [0.15, 0.2) is 36.9 Å². The topological polar surface area (TPSA) is 77.3 Å². The molecule has 2 heterocycles. The summed E-state index contributed by atoms with van der Waals surface area (Å²) in [5.74, 6) is -1.42. The Morgan fingerprint density at radius 3 is 2.68 bits per heavy atom. The van der Waals surface area contributed by atoms with E-state index in [1.807, 2.05) is 0 Å². The van der Waals surface area contributed by atoms with Crippen molar-refractivity contribution in [2.24, 2.45) is 5.92 Å². The van der Waals surface area contributed by atoms with Crippen molar-refractivity contribution in [3.05, 3.63) is 48.3 Å². The van der Waals surface area contributed by atoms with E-state index in [1.54, 1.807) is 28.0 Å². The Labute approximate surface area is 144 Å². The first-order chi connectivity index (χ1) is 12.1. The molecule has 2 aromatic rings. The maximum atomic E-state index is 13.2. The number of rotatable bonds is 5. The number of halogens is 1. The van der Waals surface area contributed by atoms with Crippen LogP contribution in [-0.2, 0) is 20.9 Å². The predicted molar refractivity (Wildman–Crippen MR) is 85.9 cm³/mol. The van der Waals surface area contributed by atoms with Crippen LogP contribution in [0.25, 0.3) is 0 Å². The minimum Gasteiger partial charge on any atom is -0.469 e. The summed E-state index contributed by atoms with van der Waals surface area (Å²) in [5.41, 5.74) is 0.823. The van der Waals surface area contributed by atoms with Gasteiger partial charge in [-0.15, -0.1) is 0 Å². The first-order valence-electron chi connectivity index (χ1n) is 8.02. The number of hydrogen-bond donors (Lipinski definition) is 0. The van der Waals surface area contributed by atoms with Crippen molar-refractivity contribution >= 4 is 11.9 Å². The van der Waals surface area contributed by atoms with Crippen LogP contribution in [0.1, 0.15) is 17.9 Å². The van der Waals surface area contributed by atoms with Crippen molar-refractivity contribution in [1.82, 2.24) is 19.7 Å². The van der Waals surface area contributed by atoms with Crippen LogP contribution in [-0.4, -0.2) is 51.7 Å². The zero-order valence-corrected chi connectivity index (χ0v) is 13.8. The number of ether oxygens (including phenoxy) is 1. The van der Waals surface area contributed by atoms with Gasteiger partial charge in [-0.2, -0.15) is 5.10 Å². The lowest BCUT2D eigenvalue weighted by molar-refractivity contribution is -0.145. The van der Waals surface area contributed by atoms with Crippen molar-refractivity contribution in [1.29, 1.82) is 0 Å². The maximum absolute atomic E-state index is 13.2. The fourth-order valence-electron chi connectivity index (χ4n) is 3.16. The highest BCUT2D eigenvalue weighted by Crippen LogP contribution is 2.34. The van der Waals surface area contributed by atoms with Gasteiger partial charge in [-0.05, 0) is 17.7 Å². The number of nitrogens with zero attached hydrogens (tertiary/aromatic N) is 4. The van der Waals surface area contributed by atoms with Crippen molar-refractivity contribution in [2.75, 3.05) is 20.2 Å². The Morgan fingerprint density at radius 1 is 1.28 bits per heavy atom. The molecule has 7 nitrogen and oxygen atoms in total. The molecule has 1 amide bonds. The lowest BCUT2D eigenvalue weighted by Crippen LogP contribution is -2.30. The number of amides is 1. The molecule has 0 spiro atoms. The van der Waals surface area contributed by atoms with E-state index in [9.17, 15) is 14.0 Å². The molecule has 8 heteroatoms. The molecule has 0 radical (unpaired) electrons. The lowest BCUT2D eigenvalue weighted by Gasteiger charge is -2.16. The Kier molecular flexibility index (Phi) is 5.06. The van der Waals surface area contributed by atoms with E-state index >= 15 is 0 Å². The third-order valence-electron chi connectivity index (χ3n) is 4.50. The second-order valence-corrected chi connectivity index (χ2v) is 5.99. The highest BCUT2D eigenvalue weighted by Gasteiger charge is 2.40. The zero-order chi connectivity index (χ0) is 17.8. The number of likely N-dealkylation sites (tertiary alicyclic amines) is 1. The van der Waals surface area contributed by atoms with Crippen molar-refractivity contribution in [3.63, 3.8) is 0 Å². The van der Waals surface area contributed by atoms with Gasteiger partial charge in [0.1, 0.15) is 18.5 Å². The van der Waals surface area contributed by atoms with Crippen LogP contribution in [0.5, 0.6) is 0 Å². The number of benzene rings is 1. The molecule has 0 aliphatic carbocycles. The number of carbonyl (C=O) groups excluding carboxylic acids is 2. The summed E-state index contributed by atoms with van der Waals surface area (Å²) in [5, 5.41) is 3.97. The zero-order valence-electron chi connectivity index (χ0n) is 13.8. The Morgan fingerprint density at radius 2 is 2.04 bits per heavy atom. The van der Waals surface area contributed by atoms with Gasteiger partial charge in [0.25, 0.3) is 0 Å². The number of methoxy groups -OCH3 is 1. The van der Waals surface area contributed by atoms with Gasteiger partial charge in [0, 0.05) is 25.4 Å².